The molecule has 0 spiro atoms. The third kappa shape index (κ3) is 2.83. The second-order valence-corrected chi connectivity index (χ2v) is 8.16. The highest BCUT2D eigenvalue weighted by molar-refractivity contribution is 7.14. The molecule has 1 aromatic rings. The average molecular weight is 335 g/mol. The summed E-state index contributed by atoms with van der Waals surface area (Å²) in [5.74, 6) is 0.866. The van der Waals surface area contributed by atoms with Gasteiger partial charge in [-0.1, -0.05) is 6.42 Å². The lowest BCUT2D eigenvalue weighted by molar-refractivity contribution is -0.0809. The number of methoxy groups -OCH3 is 1. The zero-order chi connectivity index (χ0) is 15.8. The molecule has 3 aliphatic rings. The number of carbonyl (C=O) groups is 1. The van der Waals surface area contributed by atoms with Crippen molar-refractivity contribution in [3.8, 4) is 0 Å². The Labute approximate surface area is 141 Å². The van der Waals surface area contributed by atoms with Crippen LogP contribution in [-0.2, 0) is 22.3 Å². The standard InChI is InChI=1S/C18H25NO3S/c1-21-10-13-16(12-7-8-22-17(12)13)19-18(20)15-9-11-5-3-2-4-6-14(11)23-15/h9,12-13,16-17H,2-8,10H2,1H3,(H,19,20)/t12-,13+,16-,17-/m1/s1. The number of ether oxygens (including phenoxy) is 2. The molecule has 2 aliphatic carbocycles. The molecule has 5 heteroatoms. The number of hydrogen-bond donors (Lipinski definition) is 1. The molecular weight excluding hydrogens is 310 g/mol. The number of rotatable bonds is 4. The maximum Gasteiger partial charge on any atom is 0.261 e. The zero-order valence-corrected chi connectivity index (χ0v) is 14.5. The van der Waals surface area contributed by atoms with Gasteiger partial charge in [-0.2, -0.15) is 0 Å². The normalized spacial score (nSPS) is 32.6. The van der Waals surface area contributed by atoms with E-state index in [1.54, 1.807) is 18.4 Å². The lowest BCUT2D eigenvalue weighted by Gasteiger charge is -2.47. The molecular formula is C18H25NO3S. The number of hydrogen-bond acceptors (Lipinski definition) is 4. The van der Waals surface area contributed by atoms with Crippen LogP contribution in [0.2, 0.25) is 0 Å². The quantitative estimate of drug-likeness (QED) is 0.861. The minimum Gasteiger partial charge on any atom is -0.384 e. The molecule has 1 aromatic heterocycles. The molecule has 2 fully saturated rings. The van der Waals surface area contributed by atoms with Gasteiger partial charge in [0.1, 0.15) is 0 Å². The Balaban J connectivity index is 1.45. The van der Waals surface area contributed by atoms with Crippen molar-refractivity contribution >= 4 is 17.2 Å². The van der Waals surface area contributed by atoms with Gasteiger partial charge >= 0.3 is 0 Å². The van der Waals surface area contributed by atoms with Gasteiger partial charge in [0.2, 0.25) is 0 Å². The third-order valence-electron chi connectivity index (χ3n) is 5.66. The number of carbonyl (C=O) groups excluding carboxylic acids is 1. The predicted molar refractivity (Wildman–Crippen MR) is 90.0 cm³/mol. The Morgan fingerprint density at radius 1 is 1.39 bits per heavy atom. The van der Waals surface area contributed by atoms with Gasteiger partial charge < -0.3 is 14.8 Å². The van der Waals surface area contributed by atoms with E-state index in [0.717, 1.165) is 30.7 Å². The van der Waals surface area contributed by atoms with Gasteiger partial charge in [-0.25, -0.2) is 0 Å². The Kier molecular flexibility index (Phi) is 4.43. The number of nitrogens with one attached hydrogen (secondary N) is 1. The fourth-order valence-corrected chi connectivity index (χ4v) is 5.59. The predicted octanol–water partition coefficient (Wildman–Crippen LogP) is 2.80. The number of thiophene rings is 1. The van der Waals surface area contributed by atoms with E-state index in [2.05, 4.69) is 11.4 Å². The van der Waals surface area contributed by atoms with Crippen LogP contribution >= 0.6 is 11.3 Å². The molecule has 126 valence electrons. The van der Waals surface area contributed by atoms with Crippen LogP contribution in [0.5, 0.6) is 0 Å². The molecule has 0 bridgehead atoms. The molecule has 4 rings (SSSR count). The minimum atomic E-state index is 0.0968. The summed E-state index contributed by atoms with van der Waals surface area (Å²) in [5.41, 5.74) is 1.40. The van der Waals surface area contributed by atoms with E-state index in [4.69, 9.17) is 9.47 Å². The van der Waals surface area contributed by atoms with Crippen molar-refractivity contribution in [1.82, 2.24) is 5.32 Å². The Morgan fingerprint density at radius 2 is 2.26 bits per heavy atom. The van der Waals surface area contributed by atoms with E-state index >= 15 is 0 Å². The fourth-order valence-electron chi connectivity index (χ4n) is 4.44. The number of aryl methyl sites for hydroxylation is 2. The van der Waals surface area contributed by atoms with E-state index in [0.29, 0.717) is 18.4 Å². The van der Waals surface area contributed by atoms with Gasteiger partial charge in [-0.3, -0.25) is 4.79 Å². The summed E-state index contributed by atoms with van der Waals surface area (Å²) in [5, 5.41) is 3.28. The smallest absolute Gasteiger partial charge is 0.261 e. The molecule has 4 atom stereocenters. The summed E-state index contributed by atoms with van der Waals surface area (Å²) in [6.45, 7) is 1.47. The highest BCUT2D eigenvalue weighted by atomic mass is 32.1. The van der Waals surface area contributed by atoms with Crippen LogP contribution in [0.15, 0.2) is 6.07 Å². The molecule has 1 saturated carbocycles. The van der Waals surface area contributed by atoms with Crippen LogP contribution in [0, 0.1) is 11.8 Å². The van der Waals surface area contributed by atoms with Gasteiger partial charge in [-0.05, 0) is 43.7 Å². The van der Waals surface area contributed by atoms with Gasteiger partial charge in [-0.15, -0.1) is 11.3 Å². The summed E-state index contributed by atoms with van der Waals surface area (Å²) < 4.78 is 11.1. The first-order valence-corrected chi connectivity index (χ1v) is 9.62. The SMILES string of the molecule is COC[C@H]1[C@H](NC(=O)c2cc3c(s2)CCCCC3)[C@H]2CCO[C@H]21. The van der Waals surface area contributed by atoms with Crippen molar-refractivity contribution in [3.63, 3.8) is 0 Å². The van der Waals surface area contributed by atoms with E-state index in [1.165, 1.54) is 29.7 Å². The molecule has 0 aromatic carbocycles. The van der Waals surface area contributed by atoms with E-state index in [1.807, 2.05) is 0 Å². The summed E-state index contributed by atoms with van der Waals surface area (Å²) in [6.07, 6.45) is 7.43. The molecule has 23 heavy (non-hydrogen) atoms. The van der Waals surface area contributed by atoms with E-state index in [9.17, 15) is 4.79 Å². The largest absolute Gasteiger partial charge is 0.384 e. The van der Waals surface area contributed by atoms with E-state index < -0.39 is 0 Å². The van der Waals surface area contributed by atoms with Gasteiger partial charge in [0, 0.05) is 36.5 Å². The maximum absolute atomic E-state index is 12.7. The van der Waals surface area contributed by atoms with Gasteiger partial charge in [0.05, 0.1) is 17.6 Å². The Bertz CT molecular complexity index is 561. The van der Waals surface area contributed by atoms with Gasteiger partial charge in [0.25, 0.3) is 5.91 Å². The molecule has 0 unspecified atom stereocenters. The zero-order valence-electron chi connectivity index (χ0n) is 13.7. The maximum atomic E-state index is 12.7. The first-order chi connectivity index (χ1) is 11.3. The van der Waals surface area contributed by atoms with Crippen molar-refractivity contribution in [2.24, 2.45) is 11.8 Å². The van der Waals surface area contributed by atoms with Crippen LogP contribution < -0.4 is 5.32 Å². The molecule has 1 aliphatic heterocycles. The van der Waals surface area contributed by atoms with Crippen molar-refractivity contribution in [2.45, 2.75) is 50.7 Å². The fraction of sp³-hybridized carbons (Fsp3) is 0.722. The Morgan fingerprint density at radius 3 is 3.13 bits per heavy atom. The first kappa shape index (κ1) is 15.6. The van der Waals surface area contributed by atoms with Crippen molar-refractivity contribution in [2.75, 3.05) is 20.3 Å². The molecule has 2 heterocycles. The summed E-state index contributed by atoms with van der Waals surface area (Å²) in [4.78, 5) is 15.0. The average Bonchev–Trinajstić information content (AvgIpc) is 3.09. The second-order valence-electron chi connectivity index (χ2n) is 7.03. The molecule has 1 amide bonds. The Hall–Kier alpha value is -0.910. The highest BCUT2D eigenvalue weighted by Gasteiger charge is 2.54. The summed E-state index contributed by atoms with van der Waals surface area (Å²) in [7, 11) is 1.72. The van der Waals surface area contributed by atoms with Crippen LogP contribution in [0.4, 0.5) is 0 Å². The topological polar surface area (TPSA) is 47.6 Å². The second kappa shape index (κ2) is 6.54. The van der Waals surface area contributed by atoms with Gasteiger partial charge in [0.15, 0.2) is 0 Å². The summed E-state index contributed by atoms with van der Waals surface area (Å²) >= 11 is 1.70. The molecule has 1 saturated heterocycles. The molecule has 1 N–H and O–H groups in total. The van der Waals surface area contributed by atoms with Crippen LogP contribution in [0.1, 0.15) is 45.8 Å². The van der Waals surface area contributed by atoms with Crippen molar-refractivity contribution in [1.29, 1.82) is 0 Å². The lowest BCUT2D eigenvalue weighted by atomic mass is 9.67. The third-order valence-corrected chi connectivity index (χ3v) is 6.89. The highest BCUT2D eigenvalue weighted by Crippen LogP contribution is 2.44. The first-order valence-electron chi connectivity index (χ1n) is 8.81. The van der Waals surface area contributed by atoms with Crippen LogP contribution in [0.3, 0.4) is 0 Å². The summed E-state index contributed by atoms with van der Waals surface area (Å²) in [6, 6.07) is 2.34. The van der Waals surface area contributed by atoms with Crippen LogP contribution in [-0.4, -0.2) is 38.4 Å². The molecule has 4 nitrogen and oxygen atoms in total. The van der Waals surface area contributed by atoms with Crippen molar-refractivity contribution in [3.05, 3.63) is 21.4 Å². The lowest BCUT2D eigenvalue weighted by Crippen LogP contribution is -2.62. The number of amides is 1. The van der Waals surface area contributed by atoms with Crippen molar-refractivity contribution < 1.29 is 14.3 Å². The van der Waals surface area contributed by atoms with E-state index in [-0.39, 0.29) is 18.1 Å². The number of fused-ring (bicyclic) bond motifs is 2. The van der Waals surface area contributed by atoms with Crippen LogP contribution in [0.25, 0.3) is 0 Å². The molecule has 0 radical (unpaired) electrons. The minimum absolute atomic E-state index is 0.0968. The monoisotopic (exact) mass is 335 g/mol.